The Morgan fingerprint density at radius 2 is 1.81 bits per heavy atom. The van der Waals surface area contributed by atoms with Crippen molar-refractivity contribution in [3.8, 4) is 5.75 Å². The molecule has 5 heteroatoms. The van der Waals surface area contributed by atoms with Gasteiger partial charge in [0, 0.05) is 0 Å². The number of fused-ring (bicyclic) bond motifs is 1. The molecular weight excluding hydrogens is 338 g/mol. The number of imidazole rings is 1. The highest BCUT2D eigenvalue weighted by molar-refractivity contribution is 5.81. The predicted octanol–water partition coefficient (Wildman–Crippen LogP) is 4.62. The highest BCUT2D eigenvalue weighted by Gasteiger charge is 2.25. The van der Waals surface area contributed by atoms with Crippen LogP contribution < -0.4 is 10.1 Å². The maximum Gasteiger partial charge on any atom is 0.261 e. The van der Waals surface area contributed by atoms with E-state index in [-0.39, 0.29) is 11.9 Å². The second-order valence-electron chi connectivity index (χ2n) is 7.16. The molecule has 0 unspecified atom stereocenters. The minimum absolute atomic E-state index is 0.118. The number of nitrogens with one attached hydrogen (secondary N) is 2. The highest BCUT2D eigenvalue weighted by atomic mass is 16.5. The van der Waals surface area contributed by atoms with Gasteiger partial charge in [-0.3, -0.25) is 4.79 Å². The molecule has 1 amide bonds. The molecule has 1 heterocycles. The molecule has 2 atom stereocenters. The van der Waals surface area contributed by atoms with Gasteiger partial charge in [-0.15, -0.1) is 0 Å². The lowest BCUT2D eigenvalue weighted by Crippen LogP contribution is -2.40. The van der Waals surface area contributed by atoms with E-state index in [0.717, 1.165) is 23.3 Å². The fourth-order valence-electron chi connectivity index (χ4n) is 3.10. The minimum Gasteiger partial charge on any atom is -0.481 e. The number of benzene rings is 2. The molecule has 3 rings (SSSR count). The number of nitrogens with zero attached hydrogens (tertiary/aromatic N) is 1. The molecule has 0 spiro atoms. The van der Waals surface area contributed by atoms with Crippen LogP contribution in [0.1, 0.15) is 45.5 Å². The monoisotopic (exact) mass is 365 g/mol. The quantitative estimate of drug-likeness (QED) is 0.612. The van der Waals surface area contributed by atoms with E-state index in [4.69, 9.17) is 4.74 Å². The lowest BCUT2D eigenvalue weighted by molar-refractivity contribution is -0.129. The minimum atomic E-state index is -0.536. The molecule has 0 aliphatic carbocycles. The Morgan fingerprint density at radius 1 is 1.11 bits per heavy atom. The third kappa shape index (κ3) is 4.88. The first kappa shape index (κ1) is 19.0. The number of carbonyl (C=O) groups is 1. The number of H-pyrrole nitrogens is 1. The van der Waals surface area contributed by atoms with Crippen molar-refractivity contribution in [2.75, 3.05) is 0 Å². The van der Waals surface area contributed by atoms with E-state index in [1.807, 2.05) is 61.5 Å². The first-order valence-electron chi connectivity index (χ1n) is 9.53. The lowest BCUT2D eigenvalue weighted by atomic mass is 10.0. The summed E-state index contributed by atoms with van der Waals surface area (Å²) in [6.07, 6.45) is 0.856. The van der Waals surface area contributed by atoms with Crippen LogP contribution in [0.5, 0.6) is 5.75 Å². The van der Waals surface area contributed by atoms with Gasteiger partial charge in [-0.05, 0) is 43.0 Å². The van der Waals surface area contributed by atoms with Crippen LogP contribution in [0.2, 0.25) is 0 Å². The van der Waals surface area contributed by atoms with Crippen molar-refractivity contribution in [1.29, 1.82) is 0 Å². The maximum absolute atomic E-state index is 12.9. The molecule has 0 fully saturated rings. The van der Waals surface area contributed by atoms with Gasteiger partial charge in [0.05, 0.1) is 17.1 Å². The Kier molecular flexibility index (Phi) is 6.12. The third-order valence-corrected chi connectivity index (χ3v) is 4.45. The van der Waals surface area contributed by atoms with Gasteiger partial charge in [-0.25, -0.2) is 4.98 Å². The normalized spacial score (nSPS) is 13.5. The Bertz CT molecular complexity index is 840. The molecule has 27 heavy (non-hydrogen) atoms. The van der Waals surface area contributed by atoms with E-state index in [0.29, 0.717) is 18.1 Å². The first-order chi connectivity index (χ1) is 13.1. The molecule has 0 bridgehead atoms. The molecule has 142 valence electrons. The summed E-state index contributed by atoms with van der Waals surface area (Å²) in [7, 11) is 0. The topological polar surface area (TPSA) is 67.0 Å². The summed E-state index contributed by atoms with van der Waals surface area (Å²) >= 11 is 0. The van der Waals surface area contributed by atoms with Crippen molar-refractivity contribution < 1.29 is 9.53 Å². The lowest BCUT2D eigenvalue weighted by Gasteiger charge is -2.23. The van der Waals surface area contributed by atoms with Crippen molar-refractivity contribution in [2.24, 2.45) is 5.92 Å². The maximum atomic E-state index is 12.9. The molecule has 0 saturated heterocycles. The summed E-state index contributed by atoms with van der Waals surface area (Å²) in [6, 6.07) is 17.2. The molecule has 0 radical (unpaired) electrons. The molecule has 2 N–H and O–H groups in total. The summed E-state index contributed by atoms with van der Waals surface area (Å²) in [6.45, 7) is 6.23. The fourth-order valence-corrected chi connectivity index (χ4v) is 3.10. The average Bonchev–Trinajstić information content (AvgIpc) is 3.10. The molecule has 5 nitrogen and oxygen atoms in total. The number of hydrogen-bond acceptors (Lipinski definition) is 3. The summed E-state index contributed by atoms with van der Waals surface area (Å²) < 4.78 is 5.88. The summed E-state index contributed by atoms with van der Waals surface area (Å²) in [5, 5.41) is 3.14. The van der Waals surface area contributed by atoms with Crippen LogP contribution in [0.15, 0.2) is 54.6 Å². The molecule has 0 aliphatic rings. The second-order valence-corrected chi connectivity index (χ2v) is 7.16. The van der Waals surface area contributed by atoms with Gasteiger partial charge < -0.3 is 15.0 Å². The number of aromatic amines is 1. The summed E-state index contributed by atoms with van der Waals surface area (Å²) in [5.74, 6) is 1.78. The van der Waals surface area contributed by atoms with Crippen molar-refractivity contribution in [1.82, 2.24) is 15.3 Å². The molecule has 3 aromatic rings. The van der Waals surface area contributed by atoms with Gasteiger partial charge in [0.15, 0.2) is 6.10 Å². The molecule has 0 saturated carbocycles. The SMILES string of the molecule is CC[C@H](Oc1ccccc1)C(=O)N[C@H](CC(C)C)c1nc2ccccc2[nH]1. The number of rotatable bonds is 8. The van der Waals surface area contributed by atoms with Crippen LogP contribution in [0.4, 0.5) is 0 Å². The third-order valence-electron chi connectivity index (χ3n) is 4.45. The van der Waals surface area contributed by atoms with Crippen molar-refractivity contribution in [3.63, 3.8) is 0 Å². The van der Waals surface area contributed by atoms with Gasteiger partial charge in [0.2, 0.25) is 0 Å². The molecule has 1 aromatic heterocycles. The van der Waals surface area contributed by atoms with E-state index < -0.39 is 6.10 Å². The van der Waals surface area contributed by atoms with Gasteiger partial charge in [0.25, 0.3) is 5.91 Å². The smallest absolute Gasteiger partial charge is 0.261 e. The van der Waals surface area contributed by atoms with Crippen LogP contribution in [0, 0.1) is 5.92 Å². The Balaban J connectivity index is 1.77. The highest BCUT2D eigenvalue weighted by Crippen LogP contribution is 2.23. The van der Waals surface area contributed by atoms with Gasteiger partial charge in [-0.2, -0.15) is 0 Å². The number of para-hydroxylation sites is 3. The number of hydrogen-bond donors (Lipinski definition) is 2. The van der Waals surface area contributed by atoms with Crippen molar-refractivity contribution in [3.05, 3.63) is 60.4 Å². The molecular formula is C22H27N3O2. The summed E-state index contributed by atoms with van der Waals surface area (Å²) in [5.41, 5.74) is 1.88. The summed E-state index contributed by atoms with van der Waals surface area (Å²) in [4.78, 5) is 20.9. The predicted molar refractivity (Wildman–Crippen MR) is 108 cm³/mol. The number of aromatic nitrogens is 2. The molecule has 0 aliphatic heterocycles. The van der Waals surface area contributed by atoms with Gasteiger partial charge >= 0.3 is 0 Å². The number of ether oxygens (including phenoxy) is 1. The zero-order valence-electron chi connectivity index (χ0n) is 16.1. The van der Waals surface area contributed by atoms with Crippen LogP contribution in [-0.4, -0.2) is 22.0 Å². The van der Waals surface area contributed by atoms with Crippen LogP contribution in [-0.2, 0) is 4.79 Å². The van der Waals surface area contributed by atoms with Crippen LogP contribution >= 0.6 is 0 Å². The van der Waals surface area contributed by atoms with Crippen LogP contribution in [0.3, 0.4) is 0 Å². The number of amides is 1. The average molecular weight is 365 g/mol. The van der Waals surface area contributed by atoms with Crippen molar-refractivity contribution in [2.45, 2.75) is 45.8 Å². The number of carbonyl (C=O) groups excluding carboxylic acids is 1. The van der Waals surface area contributed by atoms with Crippen molar-refractivity contribution >= 4 is 16.9 Å². The Labute approximate surface area is 160 Å². The Hall–Kier alpha value is -2.82. The zero-order valence-corrected chi connectivity index (χ0v) is 16.1. The second kappa shape index (κ2) is 8.71. The van der Waals surface area contributed by atoms with Gasteiger partial charge in [-0.1, -0.05) is 51.1 Å². The van der Waals surface area contributed by atoms with E-state index in [1.54, 1.807) is 0 Å². The van der Waals surface area contributed by atoms with Crippen LogP contribution in [0.25, 0.3) is 11.0 Å². The van der Waals surface area contributed by atoms with E-state index in [2.05, 4.69) is 29.1 Å². The fraction of sp³-hybridized carbons (Fsp3) is 0.364. The van der Waals surface area contributed by atoms with Gasteiger partial charge in [0.1, 0.15) is 11.6 Å². The first-order valence-corrected chi connectivity index (χ1v) is 9.53. The van der Waals surface area contributed by atoms with E-state index in [1.165, 1.54) is 0 Å². The molecule has 2 aromatic carbocycles. The zero-order chi connectivity index (χ0) is 19.2. The van der Waals surface area contributed by atoms with E-state index in [9.17, 15) is 4.79 Å². The largest absolute Gasteiger partial charge is 0.481 e. The standard InChI is InChI=1S/C22H27N3O2/c1-4-20(27-16-10-6-5-7-11-16)22(26)25-19(14-15(2)3)21-23-17-12-8-9-13-18(17)24-21/h5-13,15,19-20H,4,14H2,1-3H3,(H,23,24)(H,25,26)/t19-,20+/m1/s1. The Morgan fingerprint density at radius 3 is 2.48 bits per heavy atom. The van der Waals surface area contributed by atoms with E-state index >= 15 is 0 Å².